The van der Waals surface area contributed by atoms with Crippen LogP contribution in [-0.4, -0.2) is 51.9 Å². The molecule has 0 bridgehead atoms. The molecular formula is C22H31ClIN3. The summed E-state index contributed by atoms with van der Waals surface area (Å²) in [6.45, 7) is 10.6. The summed E-state index contributed by atoms with van der Waals surface area (Å²) in [5.74, 6) is 1.43. The number of halogens is 2. The van der Waals surface area contributed by atoms with Gasteiger partial charge in [0.05, 0.1) is 13.1 Å². The van der Waals surface area contributed by atoms with Gasteiger partial charge in [0, 0.05) is 36.3 Å². The highest BCUT2D eigenvalue weighted by Gasteiger charge is 2.42. The third kappa shape index (κ3) is 4.64. The zero-order valence-electron chi connectivity index (χ0n) is 16.6. The number of hydrogen-bond donors (Lipinski definition) is 0. The molecular weight excluding hydrogens is 469 g/mol. The first-order valence-electron chi connectivity index (χ1n) is 10.1. The molecule has 4 rings (SSSR count). The molecule has 0 radical (unpaired) electrons. The van der Waals surface area contributed by atoms with Gasteiger partial charge in [-0.15, -0.1) is 0 Å². The Morgan fingerprint density at radius 1 is 1.00 bits per heavy atom. The maximum Gasteiger partial charge on any atom is 0.274 e. The summed E-state index contributed by atoms with van der Waals surface area (Å²) >= 11 is 6.09. The lowest BCUT2D eigenvalue weighted by Crippen LogP contribution is -3.00. The number of hydrogen-bond acceptors (Lipinski definition) is 1. The minimum absolute atomic E-state index is 0. The zero-order valence-corrected chi connectivity index (χ0v) is 19.5. The molecule has 3 aliphatic heterocycles. The quantitative estimate of drug-likeness (QED) is 0.461. The van der Waals surface area contributed by atoms with E-state index in [-0.39, 0.29) is 29.5 Å². The van der Waals surface area contributed by atoms with Gasteiger partial charge in [-0.1, -0.05) is 23.7 Å². The van der Waals surface area contributed by atoms with Crippen LogP contribution in [0.3, 0.4) is 0 Å². The number of nitrogens with zero attached hydrogens (tertiary/aromatic N) is 3. The largest absolute Gasteiger partial charge is 1.00 e. The summed E-state index contributed by atoms with van der Waals surface area (Å²) in [7, 11) is 0. The van der Waals surface area contributed by atoms with Crippen LogP contribution >= 0.6 is 11.6 Å². The van der Waals surface area contributed by atoms with Gasteiger partial charge in [-0.2, -0.15) is 0 Å². The van der Waals surface area contributed by atoms with Crippen LogP contribution in [0.4, 0.5) is 0 Å². The van der Waals surface area contributed by atoms with Gasteiger partial charge in [0.15, 0.2) is 0 Å². The Morgan fingerprint density at radius 2 is 1.63 bits per heavy atom. The van der Waals surface area contributed by atoms with E-state index in [0.29, 0.717) is 0 Å². The SMILES string of the molecule is CC1(C)CC(N2CCCC2)=CC(=[N+]2CCCC2)N1Cc1ccc(Cl)cc1.[I-]. The molecule has 3 nitrogen and oxygen atoms in total. The highest BCUT2D eigenvalue weighted by Crippen LogP contribution is 2.34. The lowest BCUT2D eigenvalue weighted by molar-refractivity contribution is -0.511. The molecule has 0 unspecified atom stereocenters. The standard InChI is InChI=1S/C22H31ClN3.HI/c1-22(2)16-20(24-11-3-4-12-24)15-21(25-13-5-6-14-25)26(22)17-18-7-9-19(23)10-8-18;/h7-10,15H,3-6,11-14,16-17H2,1-2H3;1H/q+1;/p-1. The first-order chi connectivity index (χ1) is 12.5. The molecule has 0 aliphatic carbocycles. The van der Waals surface area contributed by atoms with E-state index < -0.39 is 0 Å². The van der Waals surface area contributed by atoms with Crippen molar-refractivity contribution in [3.8, 4) is 0 Å². The number of amidine groups is 1. The van der Waals surface area contributed by atoms with Gasteiger partial charge in [-0.05, 0) is 57.2 Å². The topological polar surface area (TPSA) is 9.49 Å². The van der Waals surface area contributed by atoms with Crippen molar-refractivity contribution in [3.05, 3.63) is 46.6 Å². The smallest absolute Gasteiger partial charge is 0.274 e. The van der Waals surface area contributed by atoms with Crippen molar-refractivity contribution < 1.29 is 28.6 Å². The van der Waals surface area contributed by atoms with E-state index in [1.807, 2.05) is 12.1 Å². The van der Waals surface area contributed by atoms with Crippen molar-refractivity contribution in [2.75, 3.05) is 26.2 Å². The lowest BCUT2D eigenvalue weighted by Gasteiger charge is -2.41. The van der Waals surface area contributed by atoms with E-state index in [9.17, 15) is 0 Å². The molecule has 2 fully saturated rings. The highest BCUT2D eigenvalue weighted by molar-refractivity contribution is 6.30. The monoisotopic (exact) mass is 499 g/mol. The molecule has 3 aliphatic rings. The van der Waals surface area contributed by atoms with Crippen LogP contribution in [-0.2, 0) is 6.54 Å². The van der Waals surface area contributed by atoms with Crippen LogP contribution < -0.4 is 24.0 Å². The van der Waals surface area contributed by atoms with E-state index in [0.717, 1.165) is 18.0 Å². The second-order valence-electron chi connectivity index (χ2n) is 8.58. The average molecular weight is 500 g/mol. The number of likely N-dealkylation sites (tertiary alicyclic amines) is 1. The van der Waals surface area contributed by atoms with Gasteiger partial charge < -0.3 is 28.9 Å². The van der Waals surface area contributed by atoms with Gasteiger partial charge in [-0.3, -0.25) is 9.48 Å². The Balaban J connectivity index is 0.00000210. The molecule has 3 heterocycles. The fraction of sp³-hybridized carbons (Fsp3) is 0.591. The summed E-state index contributed by atoms with van der Waals surface area (Å²) in [6, 6.07) is 8.35. The Bertz CT molecular complexity index is 710. The van der Waals surface area contributed by atoms with Gasteiger partial charge in [-0.25, -0.2) is 0 Å². The summed E-state index contributed by atoms with van der Waals surface area (Å²) in [5.41, 5.74) is 2.99. The first-order valence-corrected chi connectivity index (χ1v) is 10.5. The summed E-state index contributed by atoms with van der Waals surface area (Å²) in [5, 5.41) is 0.812. The van der Waals surface area contributed by atoms with Gasteiger partial charge in [0.1, 0.15) is 12.1 Å². The molecule has 2 saturated heterocycles. The third-order valence-corrected chi connectivity index (χ3v) is 6.36. The average Bonchev–Trinajstić information content (AvgIpc) is 3.31. The molecule has 0 amide bonds. The van der Waals surface area contributed by atoms with Crippen molar-refractivity contribution in [2.45, 2.75) is 58.0 Å². The molecule has 0 N–H and O–H groups in total. The van der Waals surface area contributed by atoms with Gasteiger partial charge in [0.25, 0.3) is 5.84 Å². The minimum Gasteiger partial charge on any atom is -1.00 e. The van der Waals surface area contributed by atoms with Crippen molar-refractivity contribution in [2.24, 2.45) is 0 Å². The van der Waals surface area contributed by atoms with E-state index in [2.05, 4.69) is 46.4 Å². The minimum atomic E-state index is 0. The van der Waals surface area contributed by atoms with Crippen molar-refractivity contribution in [3.63, 3.8) is 0 Å². The van der Waals surface area contributed by atoms with Gasteiger partial charge >= 0.3 is 0 Å². The second-order valence-corrected chi connectivity index (χ2v) is 9.02. The van der Waals surface area contributed by atoms with Crippen molar-refractivity contribution in [1.82, 2.24) is 9.80 Å². The van der Waals surface area contributed by atoms with E-state index >= 15 is 0 Å². The van der Waals surface area contributed by atoms with Crippen LogP contribution in [0.1, 0.15) is 51.5 Å². The van der Waals surface area contributed by atoms with E-state index in [1.54, 1.807) is 5.70 Å². The molecule has 1 aromatic rings. The fourth-order valence-electron chi connectivity index (χ4n) is 4.61. The molecule has 0 aromatic heterocycles. The van der Waals surface area contributed by atoms with Crippen LogP contribution in [0.15, 0.2) is 36.0 Å². The third-order valence-electron chi connectivity index (χ3n) is 6.11. The predicted molar refractivity (Wildman–Crippen MR) is 109 cm³/mol. The highest BCUT2D eigenvalue weighted by atomic mass is 127. The number of rotatable bonds is 3. The van der Waals surface area contributed by atoms with E-state index in [4.69, 9.17) is 11.6 Å². The van der Waals surface area contributed by atoms with Crippen LogP contribution in [0.25, 0.3) is 0 Å². The predicted octanol–water partition coefficient (Wildman–Crippen LogP) is 1.51. The Morgan fingerprint density at radius 3 is 2.26 bits per heavy atom. The Hall–Kier alpha value is -0.750. The fourth-order valence-corrected chi connectivity index (χ4v) is 4.74. The van der Waals surface area contributed by atoms with Crippen molar-refractivity contribution >= 4 is 17.4 Å². The maximum atomic E-state index is 6.09. The van der Waals surface area contributed by atoms with Crippen LogP contribution in [0.5, 0.6) is 0 Å². The summed E-state index contributed by atoms with van der Waals surface area (Å²) in [6.07, 6.45) is 8.92. The second kappa shape index (κ2) is 8.73. The van der Waals surface area contributed by atoms with Gasteiger partial charge in [0.2, 0.25) is 0 Å². The van der Waals surface area contributed by atoms with Crippen molar-refractivity contribution in [1.29, 1.82) is 0 Å². The number of benzene rings is 1. The molecule has 27 heavy (non-hydrogen) atoms. The van der Waals surface area contributed by atoms with Crippen LogP contribution in [0.2, 0.25) is 5.02 Å². The Labute approximate surface area is 186 Å². The molecule has 148 valence electrons. The molecule has 0 spiro atoms. The lowest BCUT2D eigenvalue weighted by atomic mass is 9.90. The van der Waals surface area contributed by atoms with E-state index in [1.165, 1.54) is 63.3 Å². The van der Waals surface area contributed by atoms with Crippen LogP contribution in [0, 0.1) is 0 Å². The molecule has 5 heteroatoms. The molecule has 0 atom stereocenters. The molecule has 0 saturated carbocycles. The summed E-state index contributed by atoms with van der Waals surface area (Å²) in [4.78, 5) is 5.25. The normalized spacial score (nSPS) is 22.1. The molecule has 1 aromatic carbocycles. The maximum absolute atomic E-state index is 6.09. The first kappa shape index (κ1) is 21.0. The zero-order chi connectivity index (χ0) is 18.1. The summed E-state index contributed by atoms with van der Waals surface area (Å²) < 4.78 is 2.60. The Kier molecular flexibility index (Phi) is 6.78.